The summed E-state index contributed by atoms with van der Waals surface area (Å²) in [4.78, 5) is 51.1. The molecule has 8 heteroatoms. The summed E-state index contributed by atoms with van der Waals surface area (Å²) in [5.74, 6) is -4.65. The molecule has 0 radical (unpaired) electrons. The Balaban J connectivity index is 1.74. The van der Waals surface area contributed by atoms with E-state index in [2.05, 4.69) is 0 Å². The van der Waals surface area contributed by atoms with Gasteiger partial charge in [-0.25, -0.2) is 0 Å². The molecule has 0 spiro atoms. The fourth-order valence-corrected chi connectivity index (χ4v) is 5.75. The smallest absolute Gasteiger partial charge is 0.257 e. The first-order chi connectivity index (χ1) is 14.7. The van der Waals surface area contributed by atoms with Gasteiger partial charge in [-0.2, -0.15) is 5.06 Å². The van der Waals surface area contributed by atoms with Crippen molar-refractivity contribution in [2.24, 2.45) is 17.8 Å². The molecule has 0 bridgehead atoms. The Hall–Kier alpha value is -3.03. The van der Waals surface area contributed by atoms with Crippen molar-refractivity contribution in [3.63, 3.8) is 0 Å². The van der Waals surface area contributed by atoms with E-state index in [0.29, 0.717) is 22.3 Å². The maximum Gasteiger partial charge on any atom is 0.257 e. The Kier molecular flexibility index (Phi) is 4.32. The first-order valence-electron chi connectivity index (χ1n) is 9.96. The van der Waals surface area contributed by atoms with Crippen molar-refractivity contribution in [1.29, 1.82) is 0 Å². The van der Waals surface area contributed by atoms with Crippen molar-refractivity contribution in [2.45, 2.75) is 25.7 Å². The number of carbonyl (C=O) groups excluding carboxylic acids is 4. The molecular formula is C23H18ClNO6. The lowest BCUT2D eigenvalue weighted by Crippen LogP contribution is -2.39. The Morgan fingerprint density at radius 3 is 2.55 bits per heavy atom. The Morgan fingerprint density at radius 1 is 1.10 bits per heavy atom. The van der Waals surface area contributed by atoms with E-state index in [0.717, 1.165) is 5.57 Å². The molecule has 5 rings (SSSR count). The van der Waals surface area contributed by atoms with E-state index in [-0.39, 0.29) is 40.2 Å². The van der Waals surface area contributed by atoms with Gasteiger partial charge in [0.05, 0.1) is 11.8 Å². The lowest BCUT2D eigenvalue weighted by molar-refractivity contribution is -0.173. The van der Waals surface area contributed by atoms with Crippen LogP contribution in [0.4, 0.5) is 0 Å². The number of imide groups is 1. The molecule has 3 aliphatic carbocycles. The van der Waals surface area contributed by atoms with Crippen LogP contribution in [0.5, 0.6) is 5.75 Å². The Bertz CT molecular complexity index is 1190. The zero-order valence-corrected chi connectivity index (χ0v) is 17.2. The summed E-state index contributed by atoms with van der Waals surface area (Å²) < 4.78 is 0. The second-order valence-corrected chi connectivity index (χ2v) is 8.83. The van der Waals surface area contributed by atoms with Crippen LogP contribution < -0.4 is 0 Å². The van der Waals surface area contributed by atoms with Gasteiger partial charge in [0.15, 0.2) is 11.6 Å². The SMILES string of the molecule is CC1=CC(=O)C2=C(CC3C(=CCC4C(=O)N(O)C(=O)C43)C2c2ccc(O)cc2Cl)C1=O. The second kappa shape index (κ2) is 6.73. The molecule has 2 N–H and O–H groups in total. The molecule has 1 heterocycles. The summed E-state index contributed by atoms with van der Waals surface area (Å²) >= 11 is 6.43. The van der Waals surface area contributed by atoms with E-state index in [4.69, 9.17) is 11.6 Å². The van der Waals surface area contributed by atoms with E-state index in [1.165, 1.54) is 18.2 Å². The third-order valence-electron chi connectivity index (χ3n) is 6.83. The molecular weight excluding hydrogens is 422 g/mol. The summed E-state index contributed by atoms with van der Waals surface area (Å²) in [5.41, 5.74) is 2.23. The number of aromatic hydroxyl groups is 1. The van der Waals surface area contributed by atoms with Gasteiger partial charge in [-0.05, 0) is 49.5 Å². The van der Waals surface area contributed by atoms with Crippen LogP contribution in [0.3, 0.4) is 0 Å². The van der Waals surface area contributed by atoms with Crippen LogP contribution in [-0.4, -0.2) is 38.8 Å². The number of hydroxylamine groups is 2. The maximum atomic E-state index is 13.0. The zero-order valence-electron chi connectivity index (χ0n) is 16.5. The molecule has 2 amide bonds. The molecule has 4 aliphatic rings. The maximum absolute atomic E-state index is 13.0. The minimum Gasteiger partial charge on any atom is -0.508 e. The molecule has 158 valence electrons. The number of halogens is 1. The van der Waals surface area contributed by atoms with Gasteiger partial charge in [0.1, 0.15) is 5.75 Å². The Labute approximate surface area is 182 Å². The number of phenols is 1. The number of amides is 2. The second-order valence-electron chi connectivity index (χ2n) is 8.42. The van der Waals surface area contributed by atoms with E-state index in [1.807, 2.05) is 6.08 Å². The van der Waals surface area contributed by atoms with Gasteiger partial charge < -0.3 is 5.11 Å². The van der Waals surface area contributed by atoms with Crippen molar-refractivity contribution in [2.75, 3.05) is 0 Å². The van der Waals surface area contributed by atoms with Gasteiger partial charge in [-0.15, -0.1) is 0 Å². The molecule has 4 atom stereocenters. The van der Waals surface area contributed by atoms with Crippen LogP contribution in [0.25, 0.3) is 0 Å². The number of nitrogens with zero attached hydrogens (tertiary/aromatic N) is 1. The standard InChI is InChI=1S/C23H18ClNO6/c1-9-6-17(27)20-15(21(9)28)8-14-11(18(20)12-3-2-10(26)7-16(12)24)4-5-13-19(14)23(30)25(31)22(13)29/h2-4,6-7,13-14,18-19,26,31H,5,8H2,1H3. The Morgan fingerprint density at radius 2 is 1.84 bits per heavy atom. The van der Waals surface area contributed by atoms with Crippen molar-refractivity contribution in [3.05, 3.63) is 63.2 Å². The summed E-state index contributed by atoms with van der Waals surface area (Å²) in [6, 6.07) is 4.42. The van der Waals surface area contributed by atoms with Gasteiger partial charge in [-0.1, -0.05) is 29.3 Å². The molecule has 4 unspecified atom stereocenters. The number of benzene rings is 1. The van der Waals surface area contributed by atoms with E-state index < -0.39 is 35.5 Å². The number of allylic oxidation sites excluding steroid dienone is 6. The predicted octanol–water partition coefficient (Wildman–Crippen LogP) is 2.86. The van der Waals surface area contributed by atoms with Crippen LogP contribution in [0, 0.1) is 17.8 Å². The third kappa shape index (κ3) is 2.70. The number of ketones is 2. The van der Waals surface area contributed by atoms with Crippen molar-refractivity contribution in [3.8, 4) is 5.75 Å². The molecule has 0 aromatic heterocycles. The van der Waals surface area contributed by atoms with Crippen molar-refractivity contribution < 1.29 is 29.5 Å². The van der Waals surface area contributed by atoms with Gasteiger partial charge in [0.2, 0.25) is 0 Å². The molecule has 1 fully saturated rings. The lowest BCUT2D eigenvalue weighted by atomic mass is 9.59. The topological polar surface area (TPSA) is 112 Å². The van der Waals surface area contributed by atoms with Crippen molar-refractivity contribution in [1.82, 2.24) is 5.06 Å². The molecule has 0 saturated carbocycles. The van der Waals surface area contributed by atoms with Crippen LogP contribution in [0.1, 0.15) is 31.2 Å². The van der Waals surface area contributed by atoms with Gasteiger partial charge in [0.25, 0.3) is 11.8 Å². The number of hydrogen-bond acceptors (Lipinski definition) is 6. The summed E-state index contributed by atoms with van der Waals surface area (Å²) in [6.45, 7) is 1.57. The highest BCUT2D eigenvalue weighted by Crippen LogP contribution is 2.55. The van der Waals surface area contributed by atoms with E-state index in [1.54, 1.807) is 13.0 Å². The number of phenolic OH excluding ortho intramolecular Hbond substituents is 1. The predicted molar refractivity (Wildman–Crippen MR) is 108 cm³/mol. The normalized spacial score (nSPS) is 30.1. The average Bonchev–Trinajstić information content (AvgIpc) is 2.95. The van der Waals surface area contributed by atoms with Crippen LogP contribution >= 0.6 is 11.6 Å². The largest absolute Gasteiger partial charge is 0.508 e. The number of carbonyl (C=O) groups is 4. The summed E-state index contributed by atoms with van der Waals surface area (Å²) in [5, 5.41) is 20.1. The molecule has 7 nitrogen and oxygen atoms in total. The highest BCUT2D eigenvalue weighted by Gasteiger charge is 2.56. The zero-order chi connectivity index (χ0) is 22.2. The summed E-state index contributed by atoms with van der Waals surface area (Å²) in [7, 11) is 0. The average molecular weight is 440 g/mol. The lowest BCUT2D eigenvalue weighted by Gasteiger charge is -2.42. The third-order valence-corrected chi connectivity index (χ3v) is 7.16. The van der Waals surface area contributed by atoms with Gasteiger partial charge >= 0.3 is 0 Å². The fraction of sp³-hybridized carbons (Fsp3) is 0.304. The molecule has 1 saturated heterocycles. The van der Waals surface area contributed by atoms with E-state index in [9.17, 15) is 29.5 Å². The van der Waals surface area contributed by atoms with Crippen LogP contribution in [0.15, 0.2) is 52.6 Å². The quantitative estimate of drug-likeness (QED) is 0.301. The monoisotopic (exact) mass is 439 g/mol. The van der Waals surface area contributed by atoms with Gasteiger partial charge in [0, 0.05) is 27.7 Å². The fourth-order valence-electron chi connectivity index (χ4n) is 5.47. The molecule has 31 heavy (non-hydrogen) atoms. The molecule has 1 aromatic rings. The minimum atomic E-state index is -0.806. The van der Waals surface area contributed by atoms with E-state index >= 15 is 0 Å². The van der Waals surface area contributed by atoms with Gasteiger partial charge in [-0.3, -0.25) is 24.4 Å². The highest BCUT2D eigenvalue weighted by atomic mass is 35.5. The molecule has 1 aliphatic heterocycles. The summed E-state index contributed by atoms with van der Waals surface area (Å²) in [6.07, 6.45) is 3.52. The molecule has 1 aromatic carbocycles. The highest BCUT2D eigenvalue weighted by molar-refractivity contribution is 6.32. The minimum absolute atomic E-state index is 0.0396. The number of fused-ring (bicyclic) bond motifs is 3. The number of hydrogen-bond donors (Lipinski definition) is 2. The van der Waals surface area contributed by atoms with Crippen molar-refractivity contribution >= 4 is 35.0 Å². The first kappa shape index (κ1) is 19.9. The number of rotatable bonds is 1. The first-order valence-corrected chi connectivity index (χ1v) is 10.3. The van der Waals surface area contributed by atoms with Crippen LogP contribution in [-0.2, 0) is 19.2 Å². The number of Topliss-reactive ketones (excluding diaryl/α,β-unsaturated/α-hetero) is 1. The van der Waals surface area contributed by atoms with Crippen LogP contribution in [0.2, 0.25) is 5.02 Å².